The molecule has 11 heteroatoms. The van der Waals surface area contributed by atoms with Crippen molar-refractivity contribution in [2.24, 2.45) is 5.92 Å². The molecule has 10 nitrogen and oxygen atoms in total. The average Bonchev–Trinajstić information content (AvgIpc) is 3.41. The second-order valence-electron chi connectivity index (χ2n) is 9.90. The van der Waals surface area contributed by atoms with Crippen molar-refractivity contribution < 1.29 is 27.9 Å². The minimum atomic E-state index is -3.91. The molecule has 4 N–H and O–H groups in total. The summed E-state index contributed by atoms with van der Waals surface area (Å²) in [6, 6.07) is 11.1. The predicted octanol–water partition coefficient (Wildman–Crippen LogP) is 1.90. The number of hydrogen-bond acceptors (Lipinski definition) is 6. The van der Waals surface area contributed by atoms with E-state index in [1.54, 1.807) is 36.4 Å². The van der Waals surface area contributed by atoms with E-state index in [1.807, 2.05) is 6.92 Å². The zero-order valence-electron chi connectivity index (χ0n) is 21.4. The number of nitrogens with zero attached hydrogens (tertiary/aromatic N) is 1. The summed E-state index contributed by atoms with van der Waals surface area (Å²) in [5.74, 6) is -2.01. The highest BCUT2D eigenvalue weighted by molar-refractivity contribution is 7.89. The normalized spacial score (nSPS) is 19.6. The number of carbonyl (C=O) groups is 3. The van der Waals surface area contributed by atoms with Crippen LogP contribution in [0.1, 0.15) is 36.8 Å². The summed E-state index contributed by atoms with van der Waals surface area (Å²) in [6.45, 7) is 3.63. The summed E-state index contributed by atoms with van der Waals surface area (Å²) in [4.78, 5) is 37.9. The molecule has 0 aliphatic carbocycles. The maximum absolute atomic E-state index is 13.2. The molecule has 2 amide bonds. The lowest BCUT2D eigenvalue weighted by Gasteiger charge is -2.25. The first-order chi connectivity index (χ1) is 18.1. The molecule has 38 heavy (non-hydrogen) atoms. The van der Waals surface area contributed by atoms with Crippen molar-refractivity contribution in [3.63, 3.8) is 0 Å². The smallest absolute Gasteiger partial charge is 0.326 e. The van der Waals surface area contributed by atoms with Crippen LogP contribution in [0.25, 0.3) is 0 Å². The van der Waals surface area contributed by atoms with Gasteiger partial charge in [0.2, 0.25) is 21.8 Å². The van der Waals surface area contributed by atoms with Crippen molar-refractivity contribution in [1.82, 2.24) is 14.9 Å². The van der Waals surface area contributed by atoms with Crippen LogP contribution in [0, 0.1) is 12.8 Å². The molecule has 2 aliphatic heterocycles. The Balaban J connectivity index is 1.42. The Morgan fingerprint density at radius 1 is 1.05 bits per heavy atom. The molecule has 2 aromatic carbocycles. The molecule has 2 fully saturated rings. The Bertz CT molecular complexity index is 1270. The zero-order valence-corrected chi connectivity index (χ0v) is 22.2. The highest BCUT2D eigenvalue weighted by atomic mass is 32.2. The Morgan fingerprint density at radius 2 is 1.76 bits per heavy atom. The summed E-state index contributed by atoms with van der Waals surface area (Å²) in [5, 5.41) is 18.5. The van der Waals surface area contributed by atoms with Gasteiger partial charge in [0.25, 0.3) is 0 Å². The van der Waals surface area contributed by atoms with Gasteiger partial charge in [0.05, 0.1) is 4.90 Å². The van der Waals surface area contributed by atoms with E-state index >= 15 is 0 Å². The minimum absolute atomic E-state index is 0.0183. The van der Waals surface area contributed by atoms with Gasteiger partial charge < -0.3 is 21.1 Å². The second kappa shape index (κ2) is 12.1. The monoisotopic (exact) mass is 542 g/mol. The SMILES string of the molecule is Cc1ccc(S(=O)(=O)N2CCC[C@H]2C(=O)N[C@@H](Cc2cccc(NC(=O)C3CCNCC3)c2)C(=O)O)cc1. The molecule has 2 aromatic rings. The summed E-state index contributed by atoms with van der Waals surface area (Å²) < 4.78 is 27.6. The number of amides is 2. The molecule has 0 radical (unpaired) electrons. The van der Waals surface area contributed by atoms with E-state index in [1.165, 1.54) is 12.1 Å². The topological polar surface area (TPSA) is 145 Å². The number of anilines is 1. The van der Waals surface area contributed by atoms with Gasteiger partial charge in [-0.1, -0.05) is 29.8 Å². The van der Waals surface area contributed by atoms with Crippen LogP contribution in [0.3, 0.4) is 0 Å². The third-order valence-electron chi connectivity index (χ3n) is 7.09. The molecule has 2 saturated heterocycles. The van der Waals surface area contributed by atoms with E-state index in [2.05, 4.69) is 16.0 Å². The van der Waals surface area contributed by atoms with Crippen LogP contribution in [0.2, 0.25) is 0 Å². The number of aliphatic carboxylic acids is 1. The molecule has 204 valence electrons. The number of rotatable bonds is 9. The van der Waals surface area contributed by atoms with E-state index in [0.29, 0.717) is 24.1 Å². The number of nitrogens with one attached hydrogen (secondary N) is 3. The maximum atomic E-state index is 13.2. The first kappa shape index (κ1) is 27.7. The number of piperidine rings is 1. The van der Waals surface area contributed by atoms with Gasteiger partial charge in [0.15, 0.2) is 0 Å². The molecular weight excluding hydrogens is 508 g/mol. The Kier molecular flexibility index (Phi) is 8.80. The fourth-order valence-electron chi connectivity index (χ4n) is 4.94. The average molecular weight is 543 g/mol. The van der Waals surface area contributed by atoms with E-state index in [4.69, 9.17) is 0 Å². The van der Waals surface area contributed by atoms with Gasteiger partial charge in [-0.25, -0.2) is 13.2 Å². The predicted molar refractivity (Wildman–Crippen MR) is 142 cm³/mol. The molecule has 0 aromatic heterocycles. The lowest BCUT2D eigenvalue weighted by molar-refractivity contribution is -0.142. The van der Waals surface area contributed by atoms with Crippen molar-refractivity contribution in [3.8, 4) is 0 Å². The molecule has 4 rings (SSSR count). The third kappa shape index (κ3) is 6.58. The van der Waals surface area contributed by atoms with Gasteiger partial charge in [-0.15, -0.1) is 0 Å². The summed E-state index contributed by atoms with van der Waals surface area (Å²) in [5.41, 5.74) is 2.10. The first-order valence-corrected chi connectivity index (χ1v) is 14.3. The van der Waals surface area contributed by atoms with Crippen molar-refractivity contribution in [2.75, 3.05) is 25.0 Å². The van der Waals surface area contributed by atoms with Crippen LogP contribution in [0.15, 0.2) is 53.4 Å². The Hall–Kier alpha value is -3.28. The van der Waals surface area contributed by atoms with Crippen molar-refractivity contribution in [3.05, 3.63) is 59.7 Å². The van der Waals surface area contributed by atoms with Gasteiger partial charge in [-0.05, 0) is 75.5 Å². The van der Waals surface area contributed by atoms with Crippen LogP contribution in [0.5, 0.6) is 0 Å². The standard InChI is InChI=1S/C27H34N4O6S/c1-18-7-9-22(10-8-18)38(36,37)31-15-3-6-24(31)26(33)30-23(27(34)35)17-19-4-2-5-21(16-19)29-25(32)20-11-13-28-14-12-20/h2,4-5,7-10,16,20,23-24,28H,3,6,11-15,17H2,1H3,(H,29,32)(H,30,33)(H,34,35)/t23-,24-/m0/s1. The number of hydrogen-bond donors (Lipinski definition) is 4. The van der Waals surface area contributed by atoms with Gasteiger partial charge in [-0.2, -0.15) is 4.31 Å². The Morgan fingerprint density at radius 3 is 2.45 bits per heavy atom. The quantitative estimate of drug-likeness (QED) is 0.379. The van der Waals surface area contributed by atoms with Crippen molar-refractivity contribution in [1.29, 1.82) is 0 Å². The zero-order chi connectivity index (χ0) is 27.3. The summed E-state index contributed by atoms with van der Waals surface area (Å²) >= 11 is 0. The molecule has 2 aliphatic rings. The van der Waals surface area contributed by atoms with Crippen molar-refractivity contribution >= 4 is 33.5 Å². The summed E-state index contributed by atoms with van der Waals surface area (Å²) in [6.07, 6.45) is 2.31. The fourth-order valence-corrected chi connectivity index (χ4v) is 6.60. The molecular formula is C27H34N4O6S. The molecule has 2 atom stereocenters. The van der Waals surface area contributed by atoms with Crippen LogP contribution in [-0.4, -0.2) is 67.3 Å². The number of sulfonamides is 1. The first-order valence-electron chi connectivity index (χ1n) is 12.9. The number of benzene rings is 2. The lowest BCUT2D eigenvalue weighted by atomic mass is 9.97. The van der Waals surface area contributed by atoms with E-state index < -0.39 is 34.0 Å². The largest absolute Gasteiger partial charge is 0.480 e. The second-order valence-corrected chi connectivity index (χ2v) is 11.8. The van der Waals surface area contributed by atoms with Gasteiger partial charge in [0, 0.05) is 24.6 Å². The number of carboxylic acids is 1. The van der Waals surface area contributed by atoms with Crippen LogP contribution in [-0.2, 0) is 30.8 Å². The van der Waals surface area contributed by atoms with Crippen LogP contribution >= 0.6 is 0 Å². The highest BCUT2D eigenvalue weighted by Gasteiger charge is 2.40. The van der Waals surface area contributed by atoms with Crippen LogP contribution in [0.4, 0.5) is 5.69 Å². The van der Waals surface area contributed by atoms with E-state index in [-0.39, 0.29) is 29.7 Å². The maximum Gasteiger partial charge on any atom is 0.326 e. The van der Waals surface area contributed by atoms with E-state index in [9.17, 15) is 27.9 Å². The van der Waals surface area contributed by atoms with Crippen LogP contribution < -0.4 is 16.0 Å². The molecule has 0 saturated carbocycles. The molecule has 0 bridgehead atoms. The van der Waals surface area contributed by atoms with Gasteiger partial charge in [-0.3, -0.25) is 9.59 Å². The Labute approximate surface area is 222 Å². The molecule has 0 spiro atoms. The minimum Gasteiger partial charge on any atom is -0.480 e. The van der Waals surface area contributed by atoms with E-state index in [0.717, 1.165) is 35.8 Å². The highest BCUT2D eigenvalue weighted by Crippen LogP contribution is 2.27. The molecule has 0 unspecified atom stereocenters. The summed E-state index contributed by atoms with van der Waals surface area (Å²) in [7, 11) is -3.91. The number of carboxylic acid groups (broad SMARTS) is 1. The van der Waals surface area contributed by atoms with Crippen molar-refractivity contribution in [2.45, 2.75) is 56.0 Å². The number of aryl methyl sites for hydroxylation is 1. The fraction of sp³-hybridized carbons (Fsp3) is 0.444. The molecule has 2 heterocycles. The van der Waals surface area contributed by atoms with Gasteiger partial charge in [0.1, 0.15) is 12.1 Å². The number of carbonyl (C=O) groups excluding carboxylic acids is 2. The third-order valence-corrected chi connectivity index (χ3v) is 9.02. The lowest BCUT2D eigenvalue weighted by Crippen LogP contribution is -2.51. The van der Waals surface area contributed by atoms with Gasteiger partial charge >= 0.3 is 5.97 Å².